The average molecular weight is 457 g/mol. The molecule has 2 aromatic rings. The lowest BCUT2D eigenvalue weighted by Crippen LogP contribution is -2.40. The zero-order valence-electron chi connectivity index (χ0n) is 17.4. The smallest absolute Gasteiger partial charge is 0.412 e. The molecule has 1 heterocycles. The van der Waals surface area contributed by atoms with Crippen LogP contribution in [-0.4, -0.2) is 39.4 Å². The first-order valence-corrected chi connectivity index (χ1v) is 11.0. The van der Waals surface area contributed by atoms with Crippen molar-refractivity contribution in [3.63, 3.8) is 0 Å². The van der Waals surface area contributed by atoms with E-state index >= 15 is 0 Å². The first-order valence-electron chi connectivity index (χ1n) is 9.86. The number of rotatable bonds is 5. The summed E-state index contributed by atoms with van der Waals surface area (Å²) in [5.41, 5.74) is 1.57. The maximum Gasteiger partial charge on any atom is 0.412 e. The number of nitrogens with zero attached hydrogens (tertiary/aromatic N) is 2. The van der Waals surface area contributed by atoms with Gasteiger partial charge in [-0.15, -0.1) is 4.31 Å². The molecule has 1 aliphatic rings. The van der Waals surface area contributed by atoms with Gasteiger partial charge in [0.15, 0.2) is 10.9 Å². The summed E-state index contributed by atoms with van der Waals surface area (Å²) in [6, 6.07) is 6.75. The highest BCUT2D eigenvalue weighted by Crippen LogP contribution is 2.40. The Morgan fingerprint density at radius 1 is 1.13 bits per heavy atom. The fourth-order valence-corrected chi connectivity index (χ4v) is 4.90. The molecule has 0 saturated heterocycles. The lowest BCUT2D eigenvalue weighted by molar-refractivity contribution is -0.171. The number of benzene rings is 2. The molecule has 2 atom stereocenters. The molecule has 3 rings (SSSR count). The number of halogens is 4. The van der Waals surface area contributed by atoms with E-state index in [-0.39, 0.29) is 22.3 Å². The average Bonchev–Trinajstić information content (AvgIpc) is 2.72. The zero-order chi connectivity index (χ0) is 22.9. The Balaban J connectivity index is 1.87. The molecule has 0 saturated carbocycles. The Kier molecular flexibility index (Phi) is 6.98. The normalized spacial score (nSPS) is 16.4. The van der Waals surface area contributed by atoms with Crippen molar-refractivity contribution >= 4 is 17.3 Å². The molecule has 168 valence electrons. The van der Waals surface area contributed by atoms with E-state index in [0.29, 0.717) is 19.5 Å². The van der Waals surface area contributed by atoms with Gasteiger partial charge in [-0.1, -0.05) is 32.0 Å². The lowest BCUT2D eigenvalue weighted by atomic mass is 9.99. The second kappa shape index (κ2) is 9.18. The highest BCUT2D eigenvalue weighted by Gasteiger charge is 2.48. The maximum atomic E-state index is 13.8. The van der Waals surface area contributed by atoms with Gasteiger partial charge in [0.25, 0.3) is 0 Å². The third-order valence-corrected chi connectivity index (χ3v) is 6.71. The molecule has 4 nitrogen and oxygen atoms in total. The van der Waals surface area contributed by atoms with Gasteiger partial charge in [0.05, 0.1) is 11.4 Å². The van der Waals surface area contributed by atoms with E-state index in [2.05, 4.69) is 0 Å². The molecule has 9 heteroatoms. The van der Waals surface area contributed by atoms with Crippen molar-refractivity contribution in [3.8, 4) is 0 Å². The molecule has 2 unspecified atom stereocenters. The summed E-state index contributed by atoms with van der Waals surface area (Å²) in [5.74, 6) is -0.806. The zero-order valence-corrected chi connectivity index (χ0v) is 18.3. The minimum Gasteiger partial charge on any atom is -0.593 e. The maximum absolute atomic E-state index is 13.8. The Hall–Kier alpha value is -2.10. The summed E-state index contributed by atoms with van der Waals surface area (Å²) < 4.78 is 68.4. The molecular formula is C22H24F4N2O2S. The standard InChI is InChI=1S/C22H24F4N2O2S/c1-14(2)21(29)28-11-10-15-6-9-19(12-17(15)13-28)31(30)27(3)20(22(24,25)26)16-4-7-18(23)8-5-16/h4-9,12,14,20H,10-11,13H2,1-3H3. The summed E-state index contributed by atoms with van der Waals surface area (Å²) in [4.78, 5) is 14.2. The Morgan fingerprint density at radius 2 is 1.77 bits per heavy atom. The largest absolute Gasteiger partial charge is 0.593 e. The SMILES string of the molecule is CC(C)C(=O)N1CCc2ccc([S+]([O-])N(C)C(c3ccc(F)cc3)C(F)(F)F)cc2C1. The molecule has 1 amide bonds. The van der Waals surface area contributed by atoms with Gasteiger partial charge in [-0.05, 0) is 41.3 Å². The van der Waals surface area contributed by atoms with Crippen LogP contribution in [0.25, 0.3) is 0 Å². The predicted octanol–water partition coefficient (Wildman–Crippen LogP) is 4.62. The summed E-state index contributed by atoms with van der Waals surface area (Å²) in [7, 11) is 1.13. The molecule has 0 N–H and O–H groups in total. The number of hydrogen-bond donors (Lipinski definition) is 0. The molecule has 0 radical (unpaired) electrons. The first kappa shape index (κ1) is 23.6. The molecule has 0 aromatic heterocycles. The number of carbonyl (C=O) groups excluding carboxylic acids is 1. The van der Waals surface area contributed by atoms with Gasteiger partial charge < -0.3 is 9.45 Å². The second-order valence-corrected chi connectivity index (χ2v) is 9.43. The van der Waals surface area contributed by atoms with Crippen LogP contribution in [-0.2, 0) is 29.1 Å². The fraction of sp³-hybridized carbons (Fsp3) is 0.409. The van der Waals surface area contributed by atoms with Crippen LogP contribution in [0.2, 0.25) is 0 Å². The van der Waals surface area contributed by atoms with E-state index in [0.717, 1.165) is 46.7 Å². The quantitative estimate of drug-likeness (QED) is 0.487. The van der Waals surface area contributed by atoms with Crippen LogP contribution >= 0.6 is 0 Å². The number of hydrogen-bond acceptors (Lipinski definition) is 3. The van der Waals surface area contributed by atoms with E-state index < -0.39 is 29.4 Å². The van der Waals surface area contributed by atoms with Gasteiger partial charge in [0.2, 0.25) is 5.91 Å². The van der Waals surface area contributed by atoms with Gasteiger partial charge in [-0.25, -0.2) is 4.39 Å². The van der Waals surface area contributed by atoms with Crippen molar-refractivity contribution in [2.75, 3.05) is 13.6 Å². The van der Waals surface area contributed by atoms with Crippen LogP contribution in [0.1, 0.15) is 36.6 Å². The van der Waals surface area contributed by atoms with Crippen LogP contribution in [0, 0.1) is 11.7 Å². The minimum absolute atomic E-state index is 0.00254. The van der Waals surface area contributed by atoms with E-state index in [9.17, 15) is 26.9 Å². The van der Waals surface area contributed by atoms with Crippen LogP contribution in [0.5, 0.6) is 0 Å². The van der Waals surface area contributed by atoms with Crippen LogP contribution < -0.4 is 0 Å². The third kappa shape index (κ3) is 5.22. The molecule has 0 fully saturated rings. The van der Waals surface area contributed by atoms with Crippen LogP contribution in [0.3, 0.4) is 0 Å². The van der Waals surface area contributed by atoms with Crippen molar-refractivity contribution in [1.29, 1.82) is 0 Å². The van der Waals surface area contributed by atoms with Gasteiger partial charge in [-0.2, -0.15) is 13.2 Å². The molecular weight excluding hydrogens is 432 g/mol. The third-order valence-electron chi connectivity index (χ3n) is 5.32. The molecule has 2 aromatic carbocycles. The van der Waals surface area contributed by atoms with E-state index in [4.69, 9.17) is 0 Å². The Labute approximate surface area is 182 Å². The lowest BCUT2D eigenvalue weighted by Gasteiger charge is -2.32. The van der Waals surface area contributed by atoms with E-state index in [1.807, 2.05) is 13.8 Å². The Morgan fingerprint density at radius 3 is 2.35 bits per heavy atom. The van der Waals surface area contributed by atoms with Gasteiger partial charge in [0, 0.05) is 32.1 Å². The van der Waals surface area contributed by atoms with Gasteiger partial charge in [0.1, 0.15) is 5.82 Å². The summed E-state index contributed by atoms with van der Waals surface area (Å²) in [6.07, 6.45) is -4.08. The fourth-order valence-electron chi connectivity index (χ4n) is 3.71. The van der Waals surface area contributed by atoms with E-state index in [1.54, 1.807) is 23.1 Å². The van der Waals surface area contributed by atoms with Gasteiger partial charge >= 0.3 is 6.18 Å². The van der Waals surface area contributed by atoms with Gasteiger partial charge in [-0.3, -0.25) is 4.79 Å². The number of carbonyl (C=O) groups is 1. The van der Waals surface area contributed by atoms with Crippen molar-refractivity contribution in [1.82, 2.24) is 9.21 Å². The van der Waals surface area contributed by atoms with Crippen LogP contribution in [0.15, 0.2) is 47.4 Å². The summed E-state index contributed by atoms with van der Waals surface area (Å²) in [5, 5.41) is 0. The molecule has 0 bridgehead atoms. The van der Waals surface area contributed by atoms with Crippen molar-refractivity contribution < 1.29 is 26.9 Å². The highest BCUT2D eigenvalue weighted by molar-refractivity contribution is 7.89. The first-order chi connectivity index (χ1) is 14.5. The predicted molar refractivity (Wildman–Crippen MR) is 110 cm³/mol. The summed E-state index contributed by atoms with van der Waals surface area (Å²) >= 11 is -2.12. The van der Waals surface area contributed by atoms with Crippen molar-refractivity contribution in [2.45, 2.75) is 43.9 Å². The van der Waals surface area contributed by atoms with E-state index in [1.165, 1.54) is 0 Å². The summed E-state index contributed by atoms with van der Waals surface area (Å²) in [6.45, 7) is 4.53. The Bertz CT molecular complexity index is 934. The molecule has 0 spiro atoms. The molecule has 1 aliphatic heterocycles. The van der Waals surface area contributed by atoms with Crippen LogP contribution in [0.4, 0.5) is 17.6 Å². The number of amides is 1. The topological polar surface area (TPSA) is 46.6 Å². The highest BCUT2D eigenvalue weighted by atomic mass is 32.2. The minimum atomic E-state index is -4.71. The van der Waals surface area contributed by atoms with Crippen molar-refractivity contribution in [3.05, 3.63) is 65.0 Å². The number of fused-ring (bicyclic) bond motifs is 1. The second-order valence-electron chi connectivity index (χ2n) is 7.89. The molecule has 0 aliphatic carbocycles. The monoisotopic (exact) mass is 456 g/mol. The number of alkyl halides is 3. The molecule has 31 heavy (non-hydrogen) atoms. The van der Waals surface area contributed by atoms with Crippen molar-refractivity contribution in [2.24, 2.45) is 5.92 Å².